The first-order chi connectivity index (χ1) is 10.1. The van der Waals surface area contributed by atoms with Crippen LogP contribution in [0.15, 0.2) is 18.2 Å². The SMILES string of the molecule is NC(=O)c1cc(NC2CCCC2C2CCCN2)ccc1F. The van der Waals surface area contributed by atoms with E-state index in [-0.39, 0.29) is 5.56 Å². The van der Waals surface area contributed by atoms with Crippen LogP contribution < -0.4 is 16.4 Å². The number of benzene rings is 1. The first-order valence-corrected chi connectivity index (χ1v) is 7.74. The summed E-state index contributed by atoms with van der Waals surface area (Å²) < 4.78 is 13.5. The van der Waals surface area contributed by atoms with E-state index in [0.717, 1.165) is 18.7 Å². The molecule has 1 aliphatic heterocycles. The summed E-state index contributed by atoms with van der Waals surface area (Å²) in [6.45, 7) is 1.11. The molecule has 1 aliphatic carbocycles. The third-order valence-electron chi connectivity index (χ3n) is 4.77. The van der Waals surface area contributed by atoms with Crippen molar-refractivity contribution in [2.24, 2.45) is 11.7 Å². The number of halogens is 1. The molecule has 3 atom stereocenters. The van der Waals surface area contributed by atoms with Crippen LogP contribution in [0.4, 0.5) is 10.1 Å². The van der Waals surface area contributed by atoms with Crippen molar-refractivity contribution in [1.29, 1.82) is 0 Å². The van der Waals surface area contributed by atoms with Crippen molar-refractivity contribution in [3.8, 4) is 0 Å². The zero-order valence-corrected chi connectivity index (χ0v) is 12.1. The van der Waals surface area contributed by atoms with Gasteiger partial charge in [0.15, 0.2) is 0 Å². The second-order valence-electron chi connectivity index (χ2n) is 6.11. The molecule has 1 saturated carbocycles. The van der Waals surface area contributed by atoms with Crippen molar-refractivity contribution in [1.82, 2.24) is 5.32 Å². The third kappa shape index (κ3) is 3.02. The van der Waals surface area contributed by atoms with Gasteiger partial charge < -0.3 is 16.4 Å². The summed E-state index contributed by atoms with van der Waals surface area (Å²) in [7, 11) is 0. The molecule has 0 spiro atoms. The molecule has 4 N–H and O–H groups in total. The maximum atomic E-state index is 13.5. The molecule has 114 valence electrons. The van der Waals surface area contributed by atoms with Crippen LogP contribution in [0.25, 0.3) is 0 Å². The lowest BCUT2D eigenvalue weighted by Gasteiger charge is -2.27. The van der Waals surface area contributed by atoms with Crippen LogP contribution in [0.1, 0.15) is 42.5 Å². The van der Waals surface area contributed by atoms with Crippen molar-refractivity contribution in [2.45, 2.75) is 44.2 Å². The fourth-order valence-electron chi connectivity index (χ4n) is 3.74. The van der Waals surface area contributed by atoms with Gasteiger partial charge in [0.2, 0.25) is 0 Å². The van der Waals surface area contributed by atoms with Crippen LogP contribution in [-0.4, -0.2) is 24.5 Å². The molecule has 3 rings (SSSR count). The van der Waals surface area contributed by atoms with Crippen LogP contribution in [0.3, 0.4) is 0 Å². The number of nitrogens with one attached hydrogen (secondary N) is 2. The van der Waals surface area contributed by atoms with E-state index in [0.29, 0.717) is 18.0 Å². The van der Waals surface area contributed by atoms with Crippen molar-refractivity contribution in [3.05, 3.63) is 29.6 Å². The van der Waals surface area contributed by atoms with Gasteiger partial charge in [-0.3, -0.25) is 4.79 Å². The summed E-state index contributed by atoms with van der Waals surface area (Å²) in [5.41, 5.74) is 5.93. The van der Waals surface area contributed by atoms with Crippen LogP contribution in [-0.2, 0) is 0 Å². The highest BCUT2D eigenvalue weighted by atomic mass is 19.1. The fraction of sp³-hybridized carbons (Fsp3) is 0.562. The molecule has 3 unspecified atom stereocenters. The van der Waals surface area contributed by atoms with Crippen molar-refractivity contribution >= 4 is 11.6 Å². The van der Waals surface area contributed by atoms with Crippen molar-refractivity contribution in [2.75, 3.05) is 11.9 Å². The first kappa shape index (κ1) is 14.3. The molecule has 1 aromatic carbocycles. The molecule has 2 fully saturated rings. The highest BCUT2D eigenvalue weighted by Gasteiger charge is 2.34. The maximum Gasteiger partial charge on any atom is 0.251 e. The van der Waals surface area contributed by atoms with Crippen LogP contribution in [0.5, 0.6) is 0 Å². The second kappa shape index (κ2) is 6.02. The number of carbonyl (C=O) groups is 1. The average Bonchev–Trinajstić information content (AvgIpc) is 3.11. The van der Waals surface area contributed by atoms with Crippen molar-refractivity contribution in [3.63, 3.8) is 0 Å². The summed E-state index contributed by atoms with van der Waals surface area (Å²) in [6, 6.07) is 5.47. The molecule has 4 nitrogen and oxygen atoms in total. The molecule has 2 aliphatic rings. The normalized spacial score (nSPS) is 28.7. The molecular formula is C16H22FN3O. The zero-order valence-electron chi connectivity index (χ0n) is 12.1. The Bertz CT molecular complexity index is 528. The van der Waals surface area contributed by atoms with Gasteiger partial charge in [-0.25, -0.2) is 4.39 Å². The molecule has 0 aromatic heterocycles. The van der Waals surface area contributed by atoms with Crippen LogP contribution >= 0.6 is 0 Å². The molecular weight excluding hydrogens is 269 g/mol. The van der Waals surface area contributed by atoms with Crippen LogP contribution in [0.2, 0.25) is 0 Å². The van der Waals surface area contributed by atoms with Gasteiger partial charge in [0.25, 0.3) is 5.91 Å². The van der Waals surface area contributed by atoms with E-state index >= 15 is 0 Å². The molecule has 0 radical (unpaired) electrons. The van der Waals surface area contributed by atoms with E-state index in [1.807, 2.05) is 0 Å². The van der Waals surface area contributed by atoms with E-state index in [1.165, 1.54) is 37.8 Å². The van der Waals surface area contributed by atoms with Gasteiger partial charge in [-0.15, -0.1) is 0 Å². The maximum absolute atomic E-state index is 13.5. The number of hydrogen-bond acceptors (Lipinski definition) is 3. The second-order valence-corrected chi connectivity index (χ2v) is 6.11. The lowest BCUT2D eigenvalue weighted by molar-refractivity contribution is 0.0996. The van der Waals surface area contributed by atoms with E-state index in [9.17, 15) is 9.18 Å². The fourth-order valence-corrected chi connectivity index (χ4v) is 3.74. The molecule has 1 amide bonds. The summed E-state index contributed by atoms with van der Waals surface area (Å²) in [4.78, 5) is 11.2. The smallest absolute Gasteiger partial charge is 0.251 e. The lowest BCUT2D eigenvalue weighted by atomic mass is 9.93. The van der Waals surface area contributed by atoms with E-state index in [4.69, 9.17) is 5.73 Å². The summed E-state index contributed by atoms with van der Waals surface area (Å²) in [5, 5.41) is 7.05. The molecule has 0 bridgehead atoms. The van der Waals surface area contributed by atoms with Gasteiger partial charge in [0.1, 0.15) is 5.82 Å². The monoisotopic (exact) mass is 291 g/mol. The molecule has 1 heterocycles. The number of anilines is 1. The number of hydrogen-bond donors (Lipinski definition) is 3. The Hall–Kier alpha value is -1.62. The highest BCUT2D eigenvalue weighted by molar-refractivity contribution is 5.94. The van der Waals surface area contributed by atoms with Gasteiger partial charge in [-0.1, -0.05) is 6.42 Å². The Balaban J connectivity index is 1.73. The molecule has 5 heteroatoms. The Morgan fingerprint density at radius 2 is 2.14 bits per heavy atom. The number of nitrogens with two attached hydrogens (primary N) is 1. The minimum absolute atomic E-state index is 0.0476. The predicted molar refractivity (Wildman–Crippen MR) is 80.7 cm³/mol. The largest absolute Gasteiger partial charge is 0.382 e. The van der Waals surface area contributed by atoms with Gasteiger partial charge >= 0.3 is 0 Å². The van der Waals surface area contributed by atoms with E-state index in [2.05, 4.69) is 10.6 Å². The van der Waals surface area contributed by atoms with E-state index in [1.54, 1.807) is 6.07 Å². The molecule has 1 saturated heterocycles. The molecule has 21 heavy (non-hydrogen) atoms. The first-order valence-electron chi connectivity index (χ1n) is 7.74. The lowest BCUT2D eigenvalue weighted by Crippen LogP contribution is -2.38. The van der Waals surface area contributed by atoms with E-state index < -0.39 is 11.7 Å². The molecule has 1 aromatic rings. The quantitative estimate of drug-likeness (QED) is 0.797. The number of rotatable bonds is 4. The standard InChI is InChI=1S/C16H22FN3O/c17-13-7-6-10(9-12(13)16(18)21)20-15-4-1-3-11(15)14-5-2-8-19-14/h6-7,9,11,14-15,19-20H,1-5,8H2,(H2,18,21). The van der Waals surface area contributed by atoms with Gasteiger partial charge in [-0.05, 0) is 56.3 Å². The average molecular weight is 291 g/mol. The minimum atomic E-state index is -0.725. The minimum Gasteiger partial charge on any atom is -0.382 e. The van der Waals surface area contributed by atoms with Gasteiger partial charge in [-0.2, -0.15) is 0 Å². The summed E-state index contributed by atoms with van der Waals surface area (Å²) in [6.07, 6.45) is 6.03. The predicted octanol–water partition coefficient (Wildman–Crippen LogP) is 2.26. The van der Waals surface area contributed by atoms with Crippen molar-refractivity contribution < 1.29 is 9.18 Å². The summed E-state index contributed by atoms with van der Waals surface area (Å²) >= 11 is 0. The Morgan fingerprint density at radius 3 is 2.86 bits per heavy atom. The number of primary amides is 1. The Morgan fingerprint density at radius 1 is 1.29 bits per heavy atom. The summed E-state index contributed by atoms with van der Waals surface area (Å²) in [5.74, 6) is -0.681. The third-order valence-corrected chi connectivity index (χ3v) is 4.77. The topological polar surface area (TPSA) is 67.2 Å². The number of carbonyl (C=O) groups excluding carboxylic acids is 1. The Kier molecular flexibility index (Phi) is 4.10. The number of amides is 1. The highest BCUT2D eigenvalue weighted by Crippen LogP contribution is 2.34. The van der Waals surface area contributed by atoms with Gasteiger partial charge in [0.05, 0.1) is 5.56 Å². The van der Waals surface area contributed by atoms with Gasteiger partial charge in [0, 0.05) is 17.8 Å². The van der Waals surface area contributed by atoms with Crippen LogP contribution in [0, 0.1) is 11.7 Å². The Labute approximate surface area is 124 Å². The zero-order chi connectivity index (χ0) is 14.8.